The summed E-state index contributed by atoms with van der Waals surface area (Å²) < 4.78 is 3.61. The van der Waals surface area contributed by atoms with Crippen molar-refractivity contribution in [1.29, 1.82) is 0 Å². The number of amides is 1. The van der Waals surface area contributed by atoms with E-state index in [4.69, 9.17) is 15.3 Å². The van der Waals surface area contributed by atoms with E-state index in [-0.39, 0.29) is 0 Å². The molecule has 0 heterocycles. The molecule has 0 radical (unpaired) electrons. The third-order valence-electron chi connectivity index (χ3n) is 0.995. The molecule has 2 unspecified atom stereocenters. The summed E-state index contributed by atoms with van der Waals surface area (Å²) in [4.78, 5) is 30.4. The molecule has 0 aliphatic heterocycles. The second-order valence-electron chi connectivity index (χ2n) is 1.97. The summed E-state index contributed by atoms with van der Waals surface area (Å²) in [5.74, 6) is -3.45. The average molecular weight is 193 g/mol. The average Bonchev–Trinajstić information content (AvgIpc) is 2.00. The van der Waals surface area contributed by atoms with Crippen LogP contribution < -0.4 is 5.73 Å². The van der Waals surface area contributed by atoms with Gasteiger partial charge in [0.2, 0.25) is 0 Å². The SMILES string of the molecule is NC(=O)OC(=O)C(O)C(O)C(=O)O. The van der Waals surface area contributed by atoms with Crippen molar-refractivity contribution in [3.63, 3.8) is 0 Å². The molecular weight excluding hydrogens is 186 g/mol. The predicted octanol–water partition coefficient (Wildman–Crippen LogP) is -2.59. The Balaban J connectivity index is 4.25. The lowest BCUT2D eigenvalue weighted by Gasteiger charge is -2.10. The van der Waals surface area contributed by atoms with Crippen LogP contribution in [0.25, 0.3) is 0 Å². The number of hydrogen-bond donors (Lipinski definition) is 4. The van der Waals surface area contributed by atoms with Crippen molar-refractivity contribution >= 4 is 18.0 Å². The molecular formula is C5H7NO7. The van der Waals surface area contributed by atoms with Gasteiger partial charge in [-0.05, 0) is 0 Å². The molecule has 8 nitrogen and oxygen atoms in total. The van der Waals surface area contributed by atoms with Crippen LogP contribution >= 0.6 is 0 Å². The molecule has 0 fully saturated rings. The van der Waals surface area contributed by atoms with Gasteiger partial charge in [0.05, 0.1) is 0 Å². The molecule has 0 saturated heterocycles. The zero-order valence-corrected chi connectivity index (χ0v) is 6.21. The molecule has 0 aromatic carbocycles. The highest BCUT2D eigenvalue weighted by atomic mass is 16.6. The van der Waals surface area contributed by atoms with Crippen molar-refractivity contribution in [2.24, 2.45) is 5.73 Å². The minimum atomic E-state index is -2.35. The first-order valence-corrected chi connectivity index (χ1v) is 2.96. The number of ether oxygens (including phenoxy) is 1. The zero-order valence-electron chi connectivity index (χ0n) is 6.21. The van der Waals surface area contributed by atoms with Gasteiger partial charge in [-0.3, -0.25) is 0 Å². The summed E-state index contributed by atoms with van der Waals surface area (Å²) in [6.07, 6.45) is -6.20. The molecule has 1 amide bonds. The van der Waals surface area contributed by atoms with Crippen LogP contribution in [0.2, 0.25) is 0 Å². The second-order valence-corrected chi connectivity index (χ2v) is 1.97. The predicted molar refractivity (Wildman–Crippen MR) is 35.3 cm³/mol. The van der Waals surface area contributed by atoms with Crippen molar-refractivity contribution in [2.75, 3.05) is 0 Å². The molecule has 0 aliphatic carbocycles. The monoisotopic (exact) mass is 193 g/mol. The van der Waals surface area contributed by atoms with Crippen LogP contribution in [0.5, 0.6) is 0 Å². The van der Waals surface area contributed by atoms with Crippen LogP contribution in [0.4, 0.5) is 4.79 Å². The second kappa shape index (κ2) is 4.38. The molecule has 2 atom stereocenters. The van der Waals surface area contributed by atoms with Gasteiger partial charge in [-0.25, -0.2) is 14.4 Å². The molecule has 13 heavy (non-hydrogen) atoms. The number of esters is 1. The molecule has 0 spiro atoms. The fourth-order valence-corrected chi connectivity index (χ4v) is 0.423. The molecule has 5 N–H and O–H groups in total. The molecule has 8 heteroatoms. The van der Waals surface area contributed by atoms with Crippen LogP contribution in [0.15, 0.2) is 0 Å². The third kappa shape index (κ3) is 3.49. The maximum Gasteiger partial charge on any atom is 0.412 e. The topological polar surface area (TPSA) is 147 Å². The lowest BCUT2D eigenvalue weighted by molar-refractivity contribution is -0.165. The molecule has 0 aliphatic rings. The normalized spacial score (nSPS) is 14.3. The molecule has 0 aromatic rings. The zero-order chi connectivity index (χ0) is 10.6. The summed E-state index contributed by atoms with van der Waals surface area (Å²) in [6.45, 7) is 0. The molecule has 0 saturated carbocycles. The Labute approximate surface area is 71.5 Å². The minimum absolute atomic E-state index is 1.50. The van der Waals surface area contributed by atoms with E-state index in [2.05, 4.69) is 10.5 Å². The van der Waals surface area contributed by atoms with E-state index in [1.54, 1.807) is 0 Å². The van der Waals surface area contributed by atoms with E-state index < -0.39 is 30.2 Å². The van der Waals surface area contributed by atoms with Gasteiger partial charge in [0.15, 0.2) is 12.2 Å². The van der Waals surface area contributed by atoms with Gasteiger partial charge in [0.1, 0.15) is 0 Å². The minimum Gasteiger partial charge on any atom is -0.479 e. The summed E-state index contributed by atoms with van der Waals surface area (Å²) in [6, 6.07) is 0. The highest BCUT2D eigenvalue weighted by Gasteiger charge is 2.32. The Hall–Kier alpha value is -1.67. The fourth-order valence-electron chi connectivity index (χ4n) is 0.423. The number of hydrogen-bond acceptors (Lipinski definition) is 6. The number of carboxylic acid groups (broad SMARTS) is 1. The first-order chi connectivity index (χ1) is 5.86. The van der Waals surface area contributed by atoms with Crippen LogP contribution in [0.1, 0.15) is 0 Å². The van der Waals surface area contributed by atoms with Crippen molar-refractivity contribution in [3.8, 4) is 0 Å². The summed E-state index contributed by atoms with van der Waals surface area (Å²) in [5.41, 5.74) is 4.39. The largest absolute Gasteiger partial charge is 0.479 e. The Bertz CT molecular complexity index is 237. The van der Waals surface area contributed by atoms with Crippen LogP contribution in [-0.4, -0.2) is 45.6 Å². The Morgan fingerprint density at radius 2 is 1.62 bits per heavy atom. The number of nitrogens with two attached hydrogens (primary N) is 1. The molecule has 0 bridgehead atoms. The van der Waals surface area contributed by atoms with E-state index in [9.17, 15) is 14.4 Å². The highest BCUT2D eigenvalue weighted by molar-refractivity contribution is 5.90. The molecule has 0 aromatic heterocycles. The lowest BCUT2D eigenvalue weighted by atomic mass is 10.2. The maximum absolute atomic E-state index is 10.5. The third-order valence-corrected chi connectivity index (χ3v) is 0.995. The Morgan fingerprint density at radius 1 is 1.15 bits per heavy atom. The van der Waals surface area contributed by atoms with Crippen LogP contribution in [-0.2, 0) is 14.3 Å². The number of aliphatic carboxylic acids is 1. The van der Waals surface area contributed by atoms with Crippen molar-refractivity contribution in [2.45, 2.75) is 12.2 Å². The number of carbonyl (C=O) groups excluding carboxylic acids is 2. The van der Waals surface area contributed by atoms with Gasteiger partial charge in [-0.15, -0.1) is 0 Å². The van der Waals surface area contributed by atoms with Crippen LogP contribution in [0, 0.1) is 0 Å². The first kappa shape index (κ1) is 11.3. The quantitative estimate of drug-likeness (QED) is 0.284. The molecule has 74 valence electrons. The summed E-state index contributed by atoms with van der Waals surface area (Å²) in [5, 5.41) is 25.4. The van der Waals surface area contributed by atoms with E-state index in [0.717, 1.165) is 0 Å². The summed E-state index contributed by atoms with van der Waals surface area (Å²) in [7, 11) is 0. The highest BCUT2D eigenvalue weighted by Crippen LogP contribution is 1.96. The first-order valence-electron chi connectivity index (χ1n) is 2.96. The van der Waals surface area contributed by atoms with Crippen molar-refractivity contribution in [3.05, 3.63) is 0 Å². The lowest BCUT2D eigenvalue weighted by Crippen LogP contribution is -2.41. The van der Waals surface area contributed by atoms with Gasteiger partial charge < -0.3 is 25.8 Å². The van der Waals surface area contributed by atoms with Crippen molar-refractivity contribution in [1.82, 2.24) is 0 Å². The van der Waals surface area contributed by atoms with E-state index in [0.29, 0.717) is 0 Å². The van der Waals surface area contributed by atoms with E-state index >= 15 is 0 Å². The number of primary amides is 1. The van der Waals surface area contributed by atoms with E-state index in [1.165, 1.54) is 0 Å². The number of aliphatic hydroxyl groups is 2. The number of rotatable bonds is 3. The van der Waals surface area contributed by atoms with Crippen LogP contribution in [0.3, 0.4) is 0 Å². The molecule has 0 rings (SSSR count). The summed E-state index contributed by atoms with van der Waals surface area (Å²) >= 11 is 0. The van der Waals surface area contributed by atoms with Gasteiger partial charge in [-0.1, -0.05) is 0 Å². The smallest absolute Gasteiger partial charge is 0.412 e. The van der Waals surface area contributed by atoms with Gasteiger partial charge >= 0.3 is 18.0 Å². The Morgan fingerprint density at radius 3 is 1.92 bits per heavy atom. The van der Waals surface area contributed by atoms with E-state index in [1.807, 2.05) is 0 Å². The number of carbonyl (C=O) groups is 3. The van der Waals surface area contributed by atoms with Gasteiger partial charge in [0.25, 0.3) is 0 Å². The number of carboxylic acids is 1. The number of aliphatic hydroxyl groups excluding tert-OH is 2. The van der Waals surface area contributed by atoms with Crippen molar-refractivity contribution < 1.29 is 34.4 Å². The Kier molecular flexibility index (Phi) is 3.82. The fraction of sp³-hybridized carbons (Fsp3) is 0.400. The van der Waals surface area contributed by atoms with Gasteiger partial charge in [-0.2, -0.15) is 0 Å². The van der Waals surface area contributed by atoms with Gasteiger partial charge in [0, 0.05) is 0 Å². The maximum atomic E-state index is 10.5. The standard InChI is InChI=1S/C5H7NO7/c6-5(12)13-4(11)2(8)1(7)3(9)10/h1-2,7-8H,(H2,6,12)(H,9,10).